The molecular weight excluding hydrogens is 557 g/mol. The number of carbonyl (C=O) groups excluding carboxylic acids is 2. The fourth-order valence-electron chi connectivity index (χ4n) is 4.85. The Morgan fingerprint density at radius 2 is 1.98 bits per heavy atom. The van der Waals surface area contributed by atoms with Crippen molar-refractivity contribution in [2.75, 3.05) is 37.7 Å². The van der Waals surface area contributed by atoms with Crippen molar-refractivity contribution in [2.45, 2.75) is 32.0 Å². The quantitative estimate of drug-likeness (QED) is 0.439. The normalized spacial score (nSPS) is 18.1. The number of hydrogen-bond donors (Lipinski definition) is 1. The fourth-order valence-corrected chi connectivity index (χ4v) is 5.36. The Labute approximate surface area is 228 Å². The van der Waals surface area contributed by atoms with Gasteiger partial charge in [-0.2, -0.15) is 17.5 Å². The third kappa shape index (κ3) is 5.28. The molecule has 2 aliphatic rings. The van der Waals surface area contributed by atoms with Crippen molar-refractivity contribution >= 4 is 46.0 Å². The molecule has 1 N–H and O–H groups in total. The number of Topliss-reactive ketones (excluding diaryl/α,β-unsaturated/α-hetero) is 1. The van der Waals surface area contributed by atoms with Gasteiger partial charge in [0.25, 0.3) is 0 Å². The Morgan fingerprint density at radius 3 is 2.62 bits per heavy atom. The lowest BCUT2D eigenvalue weighted by molar-refractivity contribution is -0.191. The summed E-state index contributed by atoms with van der Waals surface area (Å²) in [5.41, 5.74) is -0.378. The van der Waals surface area contributed by atoms with Crippen LogP contribution in [0.15, 0.2) is 23.4 Å². The maximum absolute atomic E-state index is 12.9. The molecule has 12 nitrogen and oxygen atoms in total. The predicted molar refractivity (Wildman–Crippen MR) is 135 cm³/mol. The van der Waals surface area contributed by atoms with E-state index in [-0.39, 0.29) is 55.3 Å². The zero-order chi connectivity index (χ0) is 28.8. The van der Waals surface area contributed by atoms with Gasteiger partial charge in [0.15, 0.2) is 5.65 Å². The third-order valence-electron chi connectivity index (χ3n) is 6.97. The lowest BCUT2D eigenvalue weighted by Gasteiger charge is -2.40. The van der Waals surface area contributed by atoms with E-state index in [1.165, 1.54) is 17.1 Å². The van der Waals surface area contributed by atoms with Gasteiger partial charge in [0, 0.05) is 50.3 Å². The molecule has 0 spiro atoms. The minimum atomic E-state index is -4.95. The van der Waals surface area contributed by atoms with E-state index in [2.05, 4.69) is 14.3 Å². The molecule has 212 valence electrons. The van der Waals surface area contributed by atoms with E-state index in [1.807, 2.05) is 4.90 Å². The van der Waals surface area contributed by atoms with Gasteiger partial charge >= 0.3 is 18.1 Å². The van der Waals surface area contributed by atoms with Gasteiger partial charge < -0.3 is 19.6 Å². The molecule has 0 saturated carbocycles. The first-order valence-electron chi connectivity index (χ1n) is 12.3. The standard InChI is InChI=1S/C24H23F3N6O6S/c1-12-6-17(30-20-18(12)19(35)15(21(36)37)10-33(20)23-28-11-29-40-23)32-7-13(8-32)16(34)3-2-14-9-31(4-5-39-14)22(38)24(25,26)27/h6,10-11,13-14H,2-5,7-9H2,1H3,(H,36,37). The van der Waals surface area contributed by atoms with Crippen molar-refractivity contribution in [3.05, 3.63) is 39.9 Å². The average molecular weight is 581 g/mol. The number of fused-ring (bicyclic) bond motifs is 1. The number of rotatable bonds is 7. The van der Waals surface area contributed by atoms with Gasteiger partial charge in [-0.1, -0.05) is 0 Å². The Morgan fingerprint density at radius 1 is 1.23 bits per heavy atom. The predicted octanol–water partition coefficient (Wildman–Crippen LogP) is 1.82. The summed E-state index contributed by atoms with van der Waals surface area (Å²) < 4.78 is 49.0. The van der Waals surface area contributed by atoms with Crippen LogP contribution in [0.1, 0.15) is 28.8 Å². The number of pyridine rings is 2. The number of hydrogen-bond acceptors (Lipinski definition) is 10. The monoisotopic (exact) mass is 580 g/mol. The number of nitrogens with zero attached hydrogens (tertiary/aromatic N) is 6. The van der Waals surface area contributed by atoms with Crippen LogP contribution in [0, 0.1) is 12.8 Å². The molecule has 1 amide bonds. The van der Waals surface area contributed by atoms with Gasteiger partial charge in [0.2, 0.25) is 10.6 Å². The summed E-state index contributed by atoms with van der Waals surface area (Å²) in [7, 11) is 0. The van der Waals surface area contributed by atoms with Gasteiger partial charge in [-0.15, -0.1) is 0 Å². The van der Waals surface area contributed by atoms with Crippen LogP contribution in [0.25, 0.3) is 16.2 Å². The van der Waals surface area contributed by atoms with Crippen LogP contribution in [0.3, 0.4) is 0 Å². The first-order chi connectivity index (χ1) is 18.9. The minimum Gasteiger partial charge on any atom is -0.477 e. The molecule has 5 rings (SSSR count). The van der Waals surface area contributed by atoms with Gasteiger partial charge in [0.1, 0.15) is 23.5 Å². The highest BCUT2D eigenvalue weighted by Gasteiger charge is 2.44. The fraction of sp³-hybridized carbons (Fsp3) is 0.458. The van der Waals surface area contributed by atoms with Crippen LogP contribution in [0.4, 0.5) is 19.0 Å². The van der Waals surface area contributed by atoms with Crippen LogP contribution in [0.5, 0.6) is 0 Å². The first-order valence-corrected chi connectivity index (χ1v) is 13.0. The molecule has 2 saturated heterocycles. The zero-order valence-corrected chi connectivity index (χ0v) is 21.9. The van der Waals surface area contributed by atoms with Crippen molar-refractivity contribution in [3.63, 3.8) is 0 Å². The summed E-state index contributed by atoms with van der Waals surface area (Å²) in [6, 6.07) is 1.66. The van der Waals surface area contributed by atoms with Gasteiger partial charge in [-0.05, 0) is 25.0 Å². The molecule has 0 radical (unpaired) electrons. The Bertz CT molecular complexity index is 1540. The number of carbonyl (C=O) groups is 3. The van der Waals surface area contributed by atoms with Gasteiger partial charge in [-0.25, -0.2) is 14.8 Å². The molecule has 0 aromatic carbocycles. The molecule has 2 aliphatic heterocycles. The summed E-state index contributed by atoms with van der Waals surface area (Å²) in [5, 5.41) is 9.99. The maximum atomic E-state index is 12.9. The number of morpholine rings is 1. The van der Waals surface area contributed by atoms with E-state index in [0.717, 1.165) is 11.5 Å². The topological polar surface area (TPSA) is 148 Å². The highest BCUT2D eigenvalue weighted by Crippen LogP contribution is 2.29. The van der Waals surface area contributed by atoms with Crippen molar-refractivity contribution < 1.29 is 37.4 Å². The molecular formula is C24H23F3N6O6S. The molecule has 1 unspecified atom stereocenters. The Hall–Kier alpha value is -3.92. The van der Waals surface area contributed by atoms with E-state index < -0.39 is 35.1 Å². The molecule has 3 aromatic heterocycles. The van der Waals surface area contributed by atoms with Crippen molar-refractivity contribution in [3.8, 4) is 5.13 Å². The van der Waals surface area contributed by atoms with Crippen LogP contribution in [0.2, 0.25) is 0 Å². The summed E-state index contributed by atoms with van der Waals surface area (Å²) in [4.78, 5) is 60.2. The van der Waals surface area contributed by atoms with Crippen LogP contribution in [-0.2, 0) is 14.3 Å². The zero-order valence-electron chi connectivity index (χ0n) is 21.1. The highest BCUT2D eigenvalue weighted by molar-refractivity contribution is 7.08. The smallest absolute Gasteiger partial charge is 0.471 e. The lowest BCUT2D eigenvalue weighted by Crippen LogP contribution is -2.52. The Kier molecular flexibility index (Phi) is 7.31. The number of carboxylic acid groups (broad SMARTS) is 1. The van der Waals surface area contributed by atoms with E-state index in [9.17, 15) is 37.5 Å². The number of halogens is 3. The van der Waals surface area contributed by atoms with Crippen molar-refractivity contribution in [2.24, 2.45) is 5.92 Å². The summed E-state index contributed by atoms with van der Waals surface area (Å²) in [6.45, 7) is 1.96. The van der Waals surface area contributed by atoms with Crippen LogP contribution >= 0.6 is 11.5 Å². The number of amides is 1. The SMILES string of the molecule is Cc1cc(N2CC(C(=O)CCC3CN(C(=O)C(F)(F)F)CCO3)C2)nc2c1c(=O)c(C(=O)O)cn2-c1ncns1. The molecule has 40 heavy (non-hydrogen) atoms. The number of alkyl halides is 3. The number of anilines is 1. The summed E-state index contributed by atoms with van der Waals surface area (Å²) in [5.74, 6) is -3.19. The molecule has 2 fully saturated rings. The van der Waals surface area contributed by atoms with Crippen LogP contribution < -0.4 is 10.3 Å². The van der Waals surface area contributed by atoms with Gasteiger partial charge in [-0.3, -0.25) is 19.0 Å². The van der Waals surface area contributed by atoms with E-state index >= 15 is 0 Å². The summed E-state index contributed by atoms with van der Waals surface area (Å²) in [6.07, 6.45) is -2.84. The number of aromatic carboxylic acids is 1. The molecule has 0 aliphatic carbocycles. The molecule has 0 bridgehead atoms. The van der Waals surface area contributed by atoms with Crippen LogP contribution in [-0.4, -0.2) is 91.6 Å². The highest BCUT2D eigenvalue weighted by atomic mass is 32.1. The van der Waals surface area contributed by atoms with Gasteiger partial charge in [0.05, 0.1) is 24.0 Å². The first kappa shape index (κ1) is 27.6. The van der Waals surface area contributed by atoms with Crippen molar-refractivity contribution in [1.29, 1.82) is 0 Å². The number of ether oxygens (including phenoxy) is 1. The second-order valence-electron chi connectivity index (χ2n) is 9.62. The second kappa shape index (κ2) is 10.6. The van der Waals surface area contributed by atoms with Crippen molar-refractivity contribution in [1.82, 2.24) is 23.8 Å². The minimum absolute atomic E-state index is 0.0268. The van der Waals surface area contributed by atoms with E-state index in [1.54, 1.807) is 13.0 Å². The molecule has 1 atom stereocenters. The van der Waals surface area contributed by atoms with E-state index in [0.29, 0.717) is 34.5 Å². The molecule has 3 aromatic rings. The average Bonchev–Trinajstić information content (AvgIpc) is 3.40. The largest absolute Gasteiger partial charge is 0.477 e. The number of ketones is 1. The number of aryl methyl sites for hydroxylation is 1. The number of carboxylic acids is 1. The Balaban J connectivity index is 1.27. The lowest BCUT2D eigenvalue weighted by atomic mass is 9.91. The van der Waals surface area contributed by atoms with E-state index in [4.69, 9.17) is 4.74 Å². The molecule has 5 heterocycles. The third-order valence-corrected chi connectivity index (χ3v) is 7.64. The second-order valence-corrected chi connectivity index (χ2v) is 10.4. The molecule has 16 heteroatoms. The maximum Gasteiger partial charge on any atom is 0.471 e. The summed E-state index contributed by atoms with van der Waals surface area (Å²) >= 11 is 1.00. The number of aromatic nitrogens is 4.